The third-order valence-electron chi connectivity index (χ3n) is 3.91. The fraction of sp³-hybridized carbons (Fsp3) is 0.700. The third kappa shape index (κ3) is 12.2. The van der Waals surface area contributed by atoms with Crippen LogP contribution in [0.1, 0.15) is 44.6 Å². The molecule has 0 atom stereocenters. The van der Waals surface area contributed by atoms with E-state index in [1.165, 1.54) is 37.8 Å². The number of ether oxygens (including phenoxy) is 3. The highest BCUT2D eigenvalue weighted by Crippen LogP contribution is 2.12. The second-order valence-corrected chi connectivity index (χ2v) is 7.96. The molecule has 0 aliphatic carbocycles. The Hall–Kier alpha value is -0.990. The van der Waals surface area contributed by atoms with Crippen molar-refractivity contribution in [1.82, 2.24) is 0 Å². The van der Waals surface area contributed by atoms with Crippen LogP contribution in [-0.2, 0) is 28.5 Å². The Morgan fingerprint density at radius 3 is 1.81 bits per heavy atom. The smallest absolute Gasteiger partial charge is 0.297 e. The van der Waals surface area contributed by atoms with E-state index in [0.717, 1.165) is 18.6 Å². The highest BCUT2D eigenvalue weighted by molar-refractivity contribution is 7.86. The lowest BCUT2D eigenvalue weighted by Gasteiger charge is -2.08. The molecular formula is C20H34O6S. The molecule has 0 unspecified atom stereocenters. The lowest BCUT2D eigenvalue weighted by Crippen LogP contribution is -2.14. The zero-order valence-corrected chi connectivity index (χ0v) is 17.5. The van der Waals surface area contributed by atoms with E-state index in [0.29, 0.717) is 26.4 Å². The Balaban J connectivity index is 1.91. The molecule has 0 fully saturated rings. The molecule has 0 N–H and O–H groups in total. The van der Waals surface area contributed by atoms with E-state index < -0.39 is 10.1 Å². The highest BCUT2D eigenvalue weighted by Gasteiger charge is 2.14. The summed E-state index contributed by atoms with van der Waals surface area (Å²) in [5.41, 5.74) is 0.995. The first-order valence-electron chi connectivity index (χ1n) is 9.75. The molecule has 1 aromatic carbocycles. The molecule has 0 aliphatic heterocycles. The molecule has 0 radical (unpaired) electrons. The van der Waals surface area contributed by atoms with Crippen LogP contribution in [0.25, 0.3) is 0 Å². The molecule has 0 bridgehead atoms. The van der Waals surface area contributed by atoms with Gasteiger partial charge in [0.25, 0.3) is 10.1 Å². The number of rotatable bonds is 17. The molecule has 0 amide bonds. The van der Waals surface area contributed by atoms with Crippen LogP contribution in [0.5, 0.6) is 0 Å². The maximum atomic E-state index is 12.0. The summed E-state index contributed by atoms with van der Waals surface area (Å²) >= 11 is 0. The number of benzene rings is 1. The van der Waals surface area contributed by atoms with Crippen LogP contribution in [0.4, 0.5) is 0 Å². The van der Waals surface area contributed by atoms with Crippen molar-refractivity contribution in [2.45, 2.75) is 50.8 Å². The van der Waals surface area contributed by atoms with Crippen LogP contribution >= 0.6 is 0 Å². The molecular weight excluding hydrogens is 368 g/mol. The van der Waals surface area contributed by atoms with Crippen molar-refractivity contribution in [2.24, 2.45) is 0 Å². The fourth-order valence-electron chi connectivity index (χ4n) is 2.33. The quantitative estimate of drug-likeness (QED) is 0.292. The summed E-state index contributed by atoms with van der Waals surface area (Å²) in [6.45, 7) is 7.04. The first kappa shape index (κ1) is 24.0. The van der Waals surface area contributed by atoms with Crippen molar-refractivity contribution in [3.8, 4) is 0 Å². The van der Waals surface area contributed by atoms with Crippen molar-refractivity contribution in [1.29, 1.82) is 0 Å². The Bertz CT molecular complexity index is 571. The summed E-state index contributed by atoms with van der Waals surface area (Å²) < 4.78 is 45.1. The van der Waals surface area contributed by atoms with Gasteiger partial charge in [0.1, 0.15) is 0 Å². The van der Waals surface area contributed by atoms with E-state index in [1.807, 2.05) is 6.92 Å². The van der Waals surface area contributed by atoms with Gasteiger partial charge in [-0.05, 0) is 25.5 Å². The van der Waals surface area contributed by atoms with E-state index in [-0.39, 0.29) is 18.1 Å². The molecule has 27 heavy (non-hydrogen) atoms. The van der Waals surface area contributed by atoms with Crippen molar-refractivity contribution in [3.63, 3.8) is 0 Å². The summed E-state index contributed by atoms with van der Waals surface area (Å²) in [5, 5.41) is 0. The SMILES string of the molecule is CCCCCCCOCCOCCOCCOS(=O)(=O)c1ccc(C)cc1. The van der Waals surface area contributed by atoms with E-state index in [1.54, 1.807) is 12.1 Å². The Labute approximate surface area is 164 Å². The van der Waals surface area contributed by atoms with Crippen molar-refractivity contribution in [2.75, 3.05) is 46.2 Å². The summed E-state index contributed by atoms with van der Waals surface area (Å²) in [6.07, 6.45) is 6.17. The molecule has 7 heteroatoms. The Kier molecular flexibility index (Phi) is 13.4. The van der Waals surface area contributed by atoms with Crippen LogP contribution in [0.3, 0.4) is 0 Å². The van der Waals surface area contributed by atoms with Gasteiger partial charge < -0.3 is 14.2 Å². The van der Waals surface area contributed by atoms with E-state index >= 15 is 0 Å². The van der Waals surface area contributed by atoms with Crippen LogP contribution in [0.2, 0.25) is 0 Å². The van der Waals surface area contributed by atoms with Crippen LogP contribution in [-0.4, -0.2) is 54.7 Å². The van der Waals surface area contributed by atoms with Crippen LogP contribution in [0.15, 0.2) is 29.2 Å². The predicted molar refractivity (Wildman–Crippen MR) is 106 cm³/mol. The van der Waals surface area contributed by atoms with Gasteiger partial charge in [-0.3, -0.25) is 4.18 Å². The monoisotopic (exact) mass is 402 g/mol. The number of aryl methyl sites for hydroxylation is 1. The Morgan fingerprint density at radius 1 is 0.704 bits per heavy atom. The van der Waals surface area contributed by atoms with E-state index in [4.69, 9.17) is 18.4 Å². The second kappa shape index (κ2) is 15.0. The molecule has 1 rings (SSSR count). The van der Waals surface area contributed by atoms with Gasteiger partial charge in [-0.2, -0.15) is 8.42 Å². The molecule has 6 nitrogen and oxygen atoms in total. The van der Waals surface area contributed by atoms with E-state index in [9.17, 15) is 8.42 Å². The number of hydrogen-bond donors (Lipinski definition) is 0. The van der Waals surface area contributed by atoms with Gasteiger partial charge in [-0.1, -0.05) is 50.3 Å². The highest BCUT2D eigenvalue weighted by atomic mass is 32.2. The molecule has 0 spiro atoms. The standard InChI is InChI=1S/C20H34O6S/c1-3-4-5-6-7-12-23-13-14-24-15-16-25-17-18-26-27(21,22)20-10-8-19(2)9-11-20/h8-11H,3-7,12-18H2,1-2H3. The zero-order valence-electron chi connectivity index (χ0n) is 16.7. The first-order chi connectivity index (χ1) is 13.1. The molecule has 156 valence electrons. The molecule has 1 aromatic rings. The summed E-state index contributed by atoms with van der Waals surface area (Å²) in [7, 11) is -3.72. The maximum Gasteiger partial charge on any atom is 0.297 e. The minimum absolute atomic E-state index is 0.0165. The van der Waals surface area contributed by atoms with E-state index in [2.05, 4.69) is 6.92 Å². The fourth-order valence-corrected chi connectivity index (χ4v) is 3.22. The summed E-state index contributed by atoms with van der Waals surface area (Å²) in [4.78, 5) is 0.154. The van der Waals surface area contributed by atoms with Gasteiger partial charge in [-0.15, -0.1) is 0 Å². The maximum absolute atomic E-state index is 12.0. The number of hydrogen-bond acceptors (Lipinski definition) is 6. The Morgan fingerprint density at radius 2 is 1.22 bits per heavy atom. The average molecular weight is 403 g/mol. The minimum atomic E-state index is -3.72. The topological polar surface area (TPSA) is 71.1 Å². The molecule has 0 saturated carbocycles. The lowest BCUT2D eigenvalue weighted by molar-refractivity contribution is 0.00912. The van der Waals surface area contributed by atoms with Crippen LogP contribution < -0.4 is 0 Å². The minimum Gasteiger partial charge on any atom is -0.379 e. The number of unbranched alkanes of at least 4 members (excludes halogenated alkanes) is 4. The summed E-state index contributed by atoms with van der Waals surface area (Å²) in [5.74, 6) is 0. The van der Waals surface area contributed by atoms with Gasteiger partial charge in [0.05, 0.1) is 44.5 Å². The van der Waals surface area contributed by atoms with Gasteiger partial charge in [-0.25, -0.2) is 0 Å². The molecule has 0 aliphatic rings. The van der Waals surface area contributed by atoms with Gasteiger partial charge in [0, 0.05) is 6.61 Å². The predicted octanol–water partition coefficient (Wildman–Crippen LogP) is 3.72. The average Bonchev–Trinajstić information content (AvgIpc) is 2.65. The summed E-state index contributed by atoms with van der Waals surface area (Å²) in [6, 6.07) is 6.54. The zero-order chi connectivity index (χ0) is 19.8. The van der Waals surface area contributed by atoms with Crippen LogP contribution in [0, 0.1) is 6.92 Å². The molecule has 0 saturated heterocycles. The molecule has 0 aromatic heterocycles. The normalized spacial score (nSPS) is 11.8. The van der Waals surface area contributed by atoms with Crippen molar-refractivity contribution < 1.29 is 26.8 Å². The van der Waals surface area contributed by atoms with Gasteiger partial charge in [0.2, 0.25) is 0 Å². The second-order valence-electron chi connectivity index (χ2n) is 6.34. The lowest BCUT2D eigenvalue weighted by atomic mass is 10.2. The van der Waals surface area contributed by atoms with Gasteiger partial charge in [0.15, 0.2) is 0 Å². The van der Waals surface area contributed by atoms with Crippen molar-refractivity contribution >= 4 is 10.1 Å². The largest absolute Gasteiger partial charge is 0.379 e. The third-order valence-corrected chi connectivity index (χ3v) is 5.24. The van der Waals surface area contributed by atoms with Crippen molar-refractivity contribution in [3.05, 3.63) is 29.8 Å². The first-order valence-corrected chi connectivity index (χ1v) is 11.2. The molecule has 0 heterocycles. The van der Waals surface area contributed by atoms with Gasteiger partial charge >= 0.3 is 0 Å².